The minimum atomic E-state index is 0.417. The fraction of sp³-hybridized carbons (Fsp3) is 0.800. The minimum absolute atomic E-state index is 0.417. The first-order valence-corrected chi connectivity index (χ1v) is 4.89. The molecule has 3 heteroatoms. The van der Waals surface area contributed by atoms with Crippen LogP contribution in [0.1, 0.15) is 6.92 Å². The van der Waals surface area contributed by atoms with E-state index in [0.717, 1.165) is 6.54 Å². The molecular formula is C5H8INS. The molecule has 1 aliphatic heterocycles. The summed E-state index contributed by atoms with van der Waals surface area (Å²) in [5.41, 5.74) is 1.96. The molecule has 1 nitrogen and oxygen atoms in total. The zero-order valence-corrected chi connectivity index (χ0v) is 7.70. The summed E-state index contributed by atoms with van der Waals surface area (Å²) in [6, 6.07) is 0. The maximum Gasteiger partial charge on any atom is 0.0551 e. The van der Waals surface area contributed by atoms with Gasteiger partial charge in [-0.2, -0.15) is 0 Å². The van der Waals surface area contributed by atoms with Crippen LogP contribution in [0.3, 0.4) is 0 Å². The quantitative estimate of drug-likeness (QED) is 0.505. The molecule has 0 aromatic rings. The average molecular weight is 241 g/mol. The highest BCUT2D eigenvalue weighted by Gasteiger charge is 2.25. The van der Waals surface area contributed by atoms with Crippen LogP contribution in [0.25, 0.3) is 0 Å². The topological polar surface area (TPSA) is 12.4 Å². The minimum Gasteiger partial charge on any atom is -0.285 e. The normalized spacial score (nSPS) is 36.2. The summed E-state index contributed by atoms with van der Waals surface area (Å²) in [5.74, 6) is 0. The van der Waals surface area contributed by atoms with Crippen molar-refractivity contribution in [1.29, 1.82) is 0 Å². The first kappa shape index (κ1) is 6.86. The van der Waals surface area contributed by atoms with Gasteiger partial charge in [-0.25, -0.2) is 0 Å². The highest BCUT2D eigenvalue weighted by molar-refractivity contribution is 14.1. The lowest BCUT2D eigenvalue weighted by molar-refractivity contribution is 0.763. The SMILES string of the molecule is CC1(CI)CN=CS1. The molecule has 0 spiro atoms. The van der Waals surface area contributed by atoms with E-state index in [2.05, 4.69) is 34.5 Å². The van der Waals surface area contributed by atoms with E-state index in [4.69, 9.17) is 0 Å². The Labute approximate surface area is 67.5 Å². The van der Waals surface area contributed by atoms with Gasteiger partial charge in [-0.3, -0.25) is 4.99 Å². The molecule has 8 heavy (non-hydrogen) atoms. The molecule has 1 rings (SSSR count). The molecule has 0 aromatic heterocycles. The molecule has 0 fully saturated rings. The lowest BCUT2D eigenvalue weighted by Gasteiger charge is -2.15. The van der Waals surface area contributed by atoms with Crippen molar-refractivity contribution in [1.82, 2.24) is 0 Å². The third kappa shape index (κ3) is 1.37. The Hall–Kier alpha value is 0.750. The smallest absolute Gasteiger partial charge is 0.0551 e. The van der Waals surface area contributed by atoms with Gasteiger partial charge >= 0.3 is 0 Å². The molecule has 0 bridgehead atoms. The highest BCUT2D eigenvalue weighted by atomic mass is 127. The van der Waals surface area contributed by atoms with Gasteiger partial charge in [-0.15, -0.1) is 11.8 Å². The van der Waals surface area contributed by atoms with Crippen molar-refractivity contribution in [3.63, 3.8) is 0 Å². The number of hydrogen-bond donors (Lipinski definition) is 0. The number of alkyl halides is 1. The Balaban J connectivity index is 2.46. The number of rotatable bonds is 1. The summed E-state index contributed by atoms with van der Waals surface area (Å²) in [5, 5.41) is 0. The van der Waals surface area contributed by atoms with Gasteiger partial charge < -0.3 is 0 Å². The standard InChI is InChI=1S/C5H8INS/c1-5(2-6)3-7-4-8-5/h4H,2-3H2,1H3. The number of nitrogens with zero attached hydrogens (tertiary/aromatic N) is 1. The van der Waals surface area contributed by atoms with Crippen LogP contribution in [-0.4, -0.2) is 21.3 Å². The largest absolute Gasteiger partial charge is 0.285 e. The van der Waals surface area contributed by atoms with Crippen LogP contribution in [0.2, 0.25) is 0 Å². The Morgan fingerprint density at radius 3 is 3.00 bits per heavy atom. The van der Waals surface area contributed by atoms with E-state index in [0.29, 0.717) is 4.75 Å². The van der Waals surface area contributed by atoms with Gasteiger partial charge in [0.25, 0.3) is 0 Å². The van der Waals surface area contributed by atoms with Crippen LogP contribution in [0.4, 0.5) is 0 Å². The molecule has 46 valence electrons. The Morgan fingerprint density at radius 1 is 2.00 bits per heavy atom. The van der Waals surface area contributed by atoms with E-state index in [1.807, 2.05) is 17.3 Å². The lowest BCUT2D eigenvalue weighted by Crippen LogP contribution is -2.22. The maximum atomic E-state index is 4.14. The molecular weight excluding hydrogens is 233 g/mol. The molecule has 0 N–H and O–H groups in total. The van der Waals surface area contributed by atoms with Gasteiger partial charge in [0.15, 0.2) is 0 Å². The molecule has 0 amide bonds. The summed E-state index contributed by atoms with van der Waals surface area (Å²) in [6.45, 7) is 3.25. The van der Waals surface area contributed by atoms with Crippen molar-refractivity contribution in [2.24, 2.45) is 4.99 Å². The monoisotopic (exact) mass is 241 g/mol. The summed E-state index contributed by atoms with van der Waals surface area (Å²) in [6.07, 6.45) is 0. The van der Waals surface area contributed by atoms with Gasteiger partial charge in [0.2, 0.25) is 0 Å². The van der Waals surface area contributed by atoms with Crippen molar-refractivity contribution in [3.05, 3.63) is 0 Å². The Morgan fingerprint density at radius 2 is 2.75 bits per heavy atom. The van der Waals surface area contributed by atoms with Crippen LogP contribution < -0.4 is 0 Å². The molecule has 1 atom stereocenters. The van der Waals surface area contributed by atoms with Crippen LogP contribution in [0.15, 0.2) is 4.99 Å². The van der Waals surface area contributed by atoms with E-state index >= 15 is 0 Å². The summed E-state index contributed by atoms with van der Waals surface area (Å²) in [7, 11) is 0. The van der Waals surface area contributed by atoms with E-state index < -0.39 is 0 Å². The summed E-state index contributed by atoms with van der Waals surface area (Å²) >= 11 is 4.25. The zero-order valence-electron chi connectivity index (χ0n) is 4.72. The van der Waals surface area contributed by atoms with Crippen molar-refractivity contribution in [2.45, 2.75) is 11.7 Å². The van der Waals surface area contributed by atoms with Crippen LogP contribution >= 0.6 is 34.4 Å². The van der Waals surface area contributed by atoms with Gasteiger partial charge in [0, 0.05) is 9.17 Å². The third-order valence-electron chi connectivity index (χ3n) is 1.12. The number of hydrogen-bond acceptors (Lipinski definition) is 2. The van der Waals surface area contributed by atoms with Gasteiger partial charge in [-0.05, 0) is 6.92 Å². The van der Waals surface area contributed by atoms with Crippen molar-refractivity contribution < 1.29 is 0 Å². The molecule has 1 heterocycles. The summed E-state index contributed by atoms with van der Waals surface area (Å²) in [4.78, 5) is 4.14. The number of aliphatic imine (C=N–C) groups is 1. The van der Waals surface area contributed by atoms with Crippen molar-refractivity contribution in [2.75, 3.05) is 11.0 Å². The number of halogens is 1. The fourth-order valence-corrected chi connectivity index (χ4v) is 1.90. The van der Waals surface area contributed by atoms with Crippen molar-refractivity contribution in [3.8, 4) is 0 Å². The second-order valence-corrected chi connectivity index (χ2v) is 4.34. The molecule has 1 unspecified atom stereocenters. The second kappa shape index (κ2) is 2.56. The molecule has 1 aliphatic rings. The zero-order chi connectivity index (χ0) is 6.04. The van der Waals surface area contributed by atoms with E-state index in [-0.39, 0.29) is 0 Å². The van der Waals surface area contributed by atoms with Gasteiger partial charge in [0.1, 0.15) is 0 Å². The van der Waals surface area contributed by atoms with Crippen molar-refractivity contribution >= 4 is 39.9 Å². The van der Waals surface area contributed by atoms with Crippen LogP contribution in [0.5, 0.6) is 0 Å². The molecule has 0 aromatic carbocycles. The van der Waals surface area contributed by atoms with Gasteiger partial charge in [0.05, 0.1) is 12.1 Å². The third-order valence-corrected chi connectivity index (χ3v) is 4.42. The molecule has 0 saturated heterocycles. The fourth-order valence-electron chi connectivity index (χ4n) is 0.506. The molecule has 0 aliphatic carbocycles. The molecule has 0 radical (unpaired) electrons. The average Bonchev–Trinajstić information content (AvgIpc) is 2.17. The molecule has 0 saturated carbocycles. The number of thioether (sulfide) groups is 1. The van der Waals surface area contributed by atoms with E-state index in [9.17, 15) is 0 Å². The second-order valence-electron chi connectivity index (χ2n) is 2.15. The first-order chi connectivity index (χ1) is 3.77. The predicted molar refractivity (Wildman–Crippen MR) is 48.2 cm³/mol. The Bertz CT molecular complexity index is 105. The van der Waals surface area contributed by atoms with Crippen LogP contribution in [-0.2, 0) is 0 Å². The first-order valence-electron chi connectivity index (χ1n) is 2.49. The summed E-state index contributed by atoms with van der Waals surface area (Å²) < 4.78 is 1.61. The lowest BCUT2D eigenvalue weighted by atomic mass is 10.2. The van der Waals surface area contributed by atoms with E-state index in [1.54, 1.807) is 0 Å². The van der Waals surface area contributed by atoms with Gasteiger partial charge in [-0.1, -0.05) is 22.6 Å². The maximum absolute atomic E-state index is 4.14. The highest BCUT2D eigenvalue weighted by Crippen LogP contribution is 2.29. The predicted octanol–water partition coefficient (Wildman–Crippen LogP) is 1.96. The van der Waals surface area contributed by atoms with Crippen LogP contribution in [0, 0.1) is 0 Å². The Kier molecular flexibility index (Phi) is 2.19. The van der Waals surface area contributed by atoms with E-state index in [1.165, 1.54) is 4.43 Å².